The van der Waals surface area contributed by atoms with Crippen LogP contribution < -0.4 is 11.5 Å². The average Bonchev–Trinajstić information content (AvgIpc) is 2.77. The van der Waals surface area contributed by atoms with Gasteiger partial charge < -0.3 is 11.5 Å². The van der Waals surface area contributed by atoms with Gasteiger partial charge >= 0.3 is 0 Å². The fraction of sp³-hybridized carbons (Fsp3) is 0.417. The lowest BCUT2D eigenvalue weighted by molar-refractivity contribution is -0.126. The fourth-order valence-corrected chi connectivity index (χ4v) is 3.85. The summed E-state index contributed by atoms with van der Waals surface area (Å²) in [5.41, 5.74) is 10.0. The maximum atomic E-state index is 13.7. The molecule has 1 aromatic rings. The zero-order chi connectivity index (χ0) is 15.1. The van der Waals surface area contributed by atoms with E-state index < -0.39 is 32.1 Å². The molecule has 1 heterocycles. The van der Waals surface area contributed by atoms with Crippen molar-refractivity contribution in [1.82, 2.24) is 4.31 Å². The van der Waals surface area contributed by atoms with Crippen molar-refractivity contribution in [3.63, 3.8) is 0 Å². The van der Waals surface area contributed by atoms with Crippen LogP contribution in [0.1, 0.15) is 13.3 Å². The highest BCUT2D eigenvalue weighted by molar-refractivity contribution is 7.89. The van der Waals surface area contributed by atoms with Crippen LogP contribution in [0.4, 0.5) is 10.1 Å². The first-order valence-corrected chi connectivity index (χ1v) is 7.46. The standard InChI is InChI=1S/C12H16FN3O3S/c1-12(11(15)17)4-5-16(7-12)20(18,19)10-6-8(14)2-3-9(10)13/h2-3,6H,4-5,7,14H2,1H3,(H2,15,17). The third-order valence-corrected chi connectivity index (χ3v) is 5.47. The second-order valence-electron chi connectivity index (χ2n) is 5.20. The first-order valence-electron chi connectivity index (χ1n) is 6.02. The lowest BCUT2D eigenvalue weighted by Crippen LogP contribution is -2.38. The zero-order valence-electron chi connectivity index (χ0n) is 11.0. The van der Waals surface area contributed by atoms with Crippen LogP contribution in [-0.2, 0) is 14.8 Å². The molecule has 1 aliphatic rings. The first kappa shape index (κ1) is 14.7. The molecule has 1 fully saturated rings. The number of carbonyl (C=O) groups excluding carboxylic acids is 1. The summed E-state index contributed by atoms with van der Waals surface area (Å²) in [5, 5.41) is 0. The third-order valence-electron chi connectivity index (χ3n) is 3.61. The van der Waals surface area contributed by atoms with Crippen molar-refractivity contribution in [2.75, 3.05) is 18.8 Å². The molecule has 0 radical (unpaired) electrons. The topological polar surface area (TPSA) is 106 Å². The third kappa shape index (κ3) is 2.36. The lowest BCUT2D eigenvalue weighted by Gasteiger charge is -2.21. The van der Waals surface area contributed by atoms with E-state index in [4.69, 9.17) is 11.5 Å². The van der Waals surface area contributed by atoms with E-state index in [1.807, 2.05) is 0 Å². The molecule has 1 atom stereocenters. The molecule has 2 rings (SSSR count). The molecule has 6 nitrogen and oxygen atoms in total. The fourth-order valence-electron chi connectivity index (χ4n) is 2.18. The second-order valence-corrected chi connectivity index (χ2v) is 7.11. The summed E-state index contributed by atoms with van der Waals surface area (Å²) in [6.45, 7) is 1.66. The van der Waals surface area contributed by atoms with Crippen molar-refractivity contribution in [2.45, 2.75) is 18.2 Å². The van der Waals surface area contributed by atoms with Crippen molar-refractivity contribution >= 4 is 21.6 Å². The van der Waals surface area contributed by atoms with E-state index in [0.717, 1.165) is 16.4 Å². The van der Waals surface area contributed by atoms with Gasteiger partial charge in [0.15, 0.2) is 0 Å². The molecule has 1 unspecified atom stereocenters. The molecule has 0 aliphatic carbocycles. The summed E-state index contributed by atoms with van der Waals surface area (Å²) in [7, 11) is -4.03. The van der Waals surface area contributed by atoms with E-state index in [1.54, 1.807) is 6.92 Å². The van der Waals surface area contributed by atoms with Crippen molar-refractivity contribution < 1.29 is 17.6 Å². The predicted molar refractivity (Wildman–Crippen MR) is 71.5 cm³/mol. The SMILES string of the molecule is CC1(C(N)=O)CCN(S(=O)(=O)c2cc(N)ccc2F)C1. The number of sulfonamides is 1. The smallest absolute Gasteiger partial charge is 0.246 e. The molecular weight excluding hydrogens is 285 g/mol. The monoisotopic (exact) mass is 301 g/mol. The quantitative estimate of drug-likeness (QED) is 0.783. The van der Waals surface area contributed by atoms with Crippen LogP contribution in [0.15, 0.2) is 23.1 Å². The van der Waals surface area contributed by atoms with Gasteiger partial charge in [-0.3, -0.25) is 4.79 Å². The van der Waals surface area contributed by atoms with Gasteiger partial charge in [0, 0.05) is 18.8 Å². The Morgan fingerprint density at radius 1 is 1.45 bits per heavy atom. The number of nitrogens with zero attached hydrogens (tertiary/aromatic N) is 1. The van der Waals surface area contributed by atoms with Gasteiger partial charge in [0.2, 0.25) is 15.9 Å². The summed E-state index contributed by atoms with van der Waals surface area (Å²) in [4.78, 5) is 10.9. The number of nitrogens with two attached hydrogens (primary N) is 2. The van der Waals surface area contributed by atoms with Crippen molar-refractivity contribution in [2.24, 2.45) is 11.1 Å². The van der Waals surface area contributed by atoms with Crippen LogP contribution >= 0.6 is 0 Å². The second kappa shape index (κ2) is 4.71. The molecule has 110 valence electrons. The molecule has 1 aliphatic heterocycles. The number of amides is 1. The average molecular weight is 301 g/mol. The van der Waals surface area contributed by atoms with Crippen LogP contribution in [0.2, 0.25) is 0 Å². The predicted octanol–water partition coefficient (Wildman–Crippen LogP) is 0.294. The Morgan fingerprint density at radius 3 is 2.65 bits per heavy atom. The number of hydrogen-bond donors (Lipinski definition) is 2. The molecule has 1 aromatic carbocycles. The maximum absolute atomic E-state index is 13.7. The molecule has 0 bridgehead atoms. The Balaban J connectivity index is 2.38. The molecule has 0 spiro atoms. The Labute approximate surface area is 116 Å². The normalized spacial score (nSPS) is 23.9. The number of anilines is 1. The molecule has 4 N–H and O–H groups in total. The van der Waals surface area contributed by atoms with Crippen molar-refractivity contribution in [1.29, 1.82) is 0 Å². The number of hydrogen-bond acceptors (Lipinski definition) is 4. The summed E-state index contributed by atoms with van der Waals surface area (Å²) in [5.74, 6) is -1.44. The Bertz CT molecular complexity index is 662. The highest BCUT2D eigenvalue weighted by Gasteiger charge is 2.44. The molecule has 1 saturated heterocycles. The molecule has 0 aromatic heterocycles. The van der Waals surface area contributed by atoms with Gasteiger partial charge in [-0.1, -0.05) is 0 Å². The first-order chi connectivity index (χ1) is 9.17. The number of rotatable bonds is 3. The van der Waals surface area contributed by atoms with Gasteiger partial charge in [0.05, 0.1) is 5.41 Å². The van der Waals surface area contributed by atoms with E-state index in [-0.39, 0.29) is 18.8 Å². The largest absolute Gasteiger partial charge is 0.399 e. The van der Waals surface area contributed by atoms with Crippen molar-refractivity contribution in [3.8, 4) is 0 Å². The summed E-state index contributed by atoms with van der Waals surface area (Å²) >= 11 is 0. The number of primary amides is 1. The Morgan fingerprint density at radius 2 is 2.10 bits per heavy atom. The van der Waals surface area contributed by atoms with Crippen LogP contribution in [0.5, 0.6) is 0 Å². The maximum Gasteiger partial charge on any atom is 0.246 e. The molecular formula is C12H16FN3O3S. The summed E-state index contributed by atoms with van der Waals surface area (Å²) < 4.78 is 39.6. The summed E-state index contributed by atoms with van der Waals surface area (Å²) in [6.07, 6.45) is 0.311. The van der Waals surface area contributed by atoms with E-state index in [1.165, 1.54) is 6.07 Å². The zero-order valence-corrected chi connectivity index (χ0v) is 11.8. The van der Waals surface area contributed by atoms with E-state index in [2.05, 4.69) is 0 Å². The summed E-state index contributed by atoms with van der Waals surface area (Å²) in [6, 6.07) is 3.36. The Hall–Kier alpha value is -1.67. The van der Waals surface area contributed by atoms with Gasteiger partial charge in [-0.25, -0.2) is 12.8 Å². The molecule has 20 heavy (non-hydrogen) atoms. The number of carbonyl (C=O) groups is 1. The lowest BCUT2D eigenvalue weighted by atomic mass is 9.89. The highest BCUT2D eigenvalue weighted by atomic mass is 32.2. The van der Waals surface area contributed by atoms with Gasteiger partial charge in [-0.05, 0) is 31.5 Å². The van der Waals surface area contributed by atoms with Crippen molar-refractivity contribution in [3.05, 3.63) is 24.0 Å². The van der Waals surface area contributed by atoms with Crippen LogP contribution in [-0.4, -0.2) is 31.7 Å². The van der Waals surface area contributed by atoms with Gasteiger partial charge in [0.25, 0.3) is 0 Å². The minimum absolute atomic E-state index is 0.0566. The van der Waals surface area contributed by atoms with Crippen LogP contribution in [0.25, 0.3) is 0 Å². The number of halogens is 1. The van der Waals surface area contributed by atoms with Gasteiger partial charge in [-0.15, -0.1) is 0 Å². The van der Waals surface area contributed by atoms with Gasteiger partial charge in [0.1, 0.15) is 10.7 Å². The van der Waals surface area contributed by atoms with E-state index in [9.17, 15) is 17.6 Å². The van der Waals surface area contributed by atoms with E-state index in [0.29, 0.717) is 6.42 Å². The minimum Gasteiger partial charge on any atom is -0.399 e. The van der Waals surface area contributed by atoms with Crippen LogP contribution in [0, 0.1) is 11.2 Å². The highest BCUT2D eigenvalue weighted by Crippen LogP contribution is 2.34. The Kier molecular flexibility index (Phi) is 3.47. The number of benzene rings is 1. The molecule has 8 heteroatoms. The minimum atomic E-state index is -4.03. The van der Waals surface area contributed by atoms with E-state index >= 15 is 0 Å². The van der Waals surface area contributed by atoms with Crippen LogP contribution in [0.3, 0.4) is 0 Å². The number of nitrogen functional groups attached to an aromatic ring is 1. The molecule has 1 amide bonds. The molecule has 0 saturated carbocycles. The van der Waals surface area contributed by atoms with Gasteiger partial charge in [-0.2, -0.15) is 4.31 Å².